The number of nitrogens with zero attached hydrogens (tertiary/aromatic N) is 2. The molecule has 0 aliphatic rings. The van der Waals surface area contributed by atoms with Gasteiger partial charge < -0.3 is 10.3 Å². The minimum Gasteiger partial charge on any atom is -0.363 e. The Hall–Kier alpha value is -3.73. The molecular weight excluding hydrogens is 338 g/mol. The molecule has 0 radical (unpaired) electrons. The fraction of sp³-hybridized carbons (Fsp3) is 0.0455. The topological polar surface area (TPSA) is 78.0 Å². The summed E-state index contributed by atoms with van der Waals surface area (Å²) in [5.41, 5.74) is 9.58. The van der Waals surface area contributed by atoms with Crippen molar-refractivity contribution in [1.82, 2.24) is 9.55 Å². The number of ketones is 1. The van der Waals surface area contributed by atoms with Crippen LogP contribution in [0.5, 0.6) is 0 Å². The van der Waals surface area contributed by atoms with Crippen LogP contribution in [-0.2, 0) is 11.3 Å². The molecule has 0 aliphatic carbocycles. The SMILES string of the molecule is NC(=O)C(=O)c1cn(Cc2ccccc2)c2cc(-c3ccncc3)ccc12. The summed E-state index contributed by atoms with van der Waals surface area (Å²) in [5, 5.41) is 0.715. The van der Waals surface area contributed by atoms with Crippen LogP contribution in [0.25, 0.3) is 22.0 Å². The first kappa shape index (κ1) is 16.7. The molecular formula is C22H17N3O2. The van der Waals surface area contributed by atoms with E-state index in [0.717, 1.165) is 22.2 Å². The molecule has 0 aliphatic heterocycles. The van der Waals surface area contributed by atoms with Gasteiger partial charge in [0.25, 0.3) is 11.7 Å². The van der Waals surface area contributed by atoms with Gasteiger partial charge in [0.1, 0.15) is 0 Å². The Balaban J connectivity index is 1.88. The number of carbonyl (C=O) groups is 2. The van der Waals surface area contributed by atoms with Gasteiger partial charge >= 0.3 is 0 Å². The predicted molar refractivity (Wildman–Crippen MR) is 104 cm³/mol. The molecule has 5 nitrogen and oxygen atoms in total. The van der Waals surface area contributed by atoms with Gasteiger partial charge in [-0.1, -0.05) is 42.5 Å². The Kier molecular flexibility index (Phi) is 4.26. The van der Waals surface area contributed by atoms with Gasteiger partial charge in [-0.15, -0.1) is 0 Å². The summed E-state index contributed by atoms with van der Waals surface area (Å²) in [7, 11) is 0. The number of amides is 1. The summed E-state index contributed by atoms with van der Waals surface area (Å²) in [6, 6.07) is 19.6. The molecule has 0 bridgehead atoms. The lowest BCUT2D eigenvalue weighted by atomic mass is 10.0. The van der Waals surface area contributed by atoms with Crippen molar-refractivity contribution in [2.45, 2.75) is 6.54 Å². The maximum absolute atomic E-state index is 12.3. The zero-order chi connectivity index (χ0) is 18.8. The molecule has 132 valence electrons. The zero-order valence-electron chi connectivity index (χ0n) is 14.5. The van der Waals surface area contributed by atoms with E-state index in [1.165, 1.54) is 0 Å². The van der Waals surface area contributed by atoms with Crippen LogP contribution in [-0.4, -0.2) is 21.2 Å². The monoisotopic (exact) mass is 355 g/mol. The Morgan fingerprint density at radius 3 is 2.37 bits per heavy atom. The van der Waals surface area contributed by atoms with Gasteiger partial charge in [-0.2, -0.15) is 0 Å². The predicted octanol–water partition coefficient (Wildman–Crippen LogP) is 3.42. The smallest absolute Gasteiger partial charge is 0.289 e. The number of nitrogens with two attached hydrogens (primary N) is 1. The van der Waals surface area contributed by atoms with E-state index in [2.05, 4.69) is 4.98 Å². The van der Waals surface area contributed by atoms with Crippen LogP contribution in [0.15, 0.2) is 79.3 Å². The van der Waals surface area contributed by atoms with Gasteiger partial charge in [0.15, 0.2) is 0 Å². The summed E-state index contributed by atoms with van der Waals surface area (Å²) < 4.78 is 1.98. The molecule has 27 heavy (non-hydrogen) atoms. The quantitative estimate of drug-likeness (QED) is 0.440. The van der Waals surface area contributed by atoms with Gasteiger partial charge in [-0.05, 0) is 34.9 Å². The standard InChI is InChI=1S/C22H17N3O2/c23-22(27)21(26)19-14-25(13-15-4-2-1-3-5-15)20-12-17(6-7-18(19)20)16-8-10-24-11-9-16/h1-12,14H,13H2,(H2,23,27). The number of hydrogen-bond donors (Lipinski definition) is 1. The Labute approximate surface area is 156 Å². The Morgan fingerprint density at radius 2 is 1.67 bits per heavy atom. The van der Waals surface area contributed by atoms with Crippen molar-refractivity contribution in [3.8, 4) is 11.1 Å². The van der Waals surface area contributed by atoms with Crippen molar-refractivity contribution in [1.29, 1.82) is 0 Å². The third-order valence-electron chi connectivity index (χ3n) is 4.56. The number of rotatable bonds is 5. The number of aromatic nitrogens is 2. The molecule has 0 unspecified atom stereocenters. The molecule has 2 aromatic heterocycles. The first-order chi connectivity index (χ1) is 13.1. The van der Waals surface area contributed by atoms with Gasteiger partial charge in [0.05, 0.1) is 5.56 Å². The Morgan fingerprint density at radius 1 is 0.926 bits per heavy atom. The van der Waals surface area contributed by atoms with Crippen molar-refractivity contribution in [2.75, 3.05) is 0 Å². The lowest BCUT2D eigenvalue weighted by molar-refractivity contribution is -0.114. The third-order valence-corrected chi connectivity index (χ3v) is 4.56. The molecule has 0 saturated carbocycles. The number of benzene rings is 2. The molecule has 5 heteroatoms. The highest BCUT2D eigenvalue weighted by molar-refractivity contribution is 6.44. The van der Waals surface area contributed by atoms with E-state index in [-0.39, 0.29) is 0 Å². The molecule has 2 N–H and O–H groups in total. The van der Waals surface area contributed by atoms with Crippen molar-refractivity contribution in [2.24, 2.45) is 5.73 Å². The van der Waals surface area contributed by atoms with Crippen LogP contribution in [0, 0.1) is 0 Å². The van der Waals surface area contributed by atoms with Crippen LogP contribution >= 0.6 is 0 Å². The molecule has 2 aromatic carbocycles. The number of carbonyl (C=O) groups excluding carboxylic acids is 2. The average molecular weight is 355 g/mol. The molecule has 0 fully saturated rings. The van der Waals surface area contributed by atoms with Crippen LogP contribution in [0.3, 0.4) is 0 Å². The summed E-state index contributed by atoms with van der Waals surface area (Å²) in [5.74, 6) is -1.63. The van der Waals surface area contributed by atoms with E-state index < -0.39 is 11.7 Å². The van der Waals surface area contributed by atoms with Gasteiger partial charge in [-0.25, -0.2) is 0 Å². The summed E-state index contributed by atoms with van der Waals surface area (Å²) >= 11 is 0. The Bertz CT molecular complexity index is 1130. The molecule has 1 amide bonds. The highest BCUT2D eigenvalue weighted by atomic mass is 16.2. The summed E-state index contributed by atoms with van der Waals surface area (Å²) in [4.78, 5) is 27.8. The molecule has 4 rings (SSSR count). The molecule has 0 atom stereocenters. The van der Waals surface area contributed by atoms with Crippen LogP contribution < -0.4 is 5.73 Å². The van der Waals surface area contributed by atoms with Crippen molar-refractivity contribution < 1.29 is 9.59 Å². The van der Waals surface area contributed by atoms with Gasteiger partial charge in [0.2, 0.25) is 0 Å². The van der Waals surface area contributed by atoms with Crippen LogP contribution in [0.2, 0.25) is 0 Å². The lowest BCUT2D eigenvalue weighted by Crippen LogP contribution is -2.22. The number of primary amides is 1. The number of fused-ring (bicyclic) bond motifs is 1. The minimum absolute atomic E-state index is 0.328. The number of hydrogen-bond acceptors (Lipinski definition) is 3. The van der Waals surface area contributed by atoms with E-state index in [9.17, 15) is 9.59 Å². The second kappa shape index (κ2) is 6.88. The maximum atomic E-state index is 12.3. The fourth-order valence-electron chi connectivity index (χ4n) is 3.24. The van der Waals surface area contributed by atoms with E-state index >= 15 is 0 Å². The highest BCUT2D eigenvalue weighted by Gasteiger charge is 2.19. The lowest BCUT2D eigenvalue weighted by Gasteiger charge is -2.07. The average Bonchev–Trinajstić information content (AvgIpc) is 3.06. The van der Waals surface area contributed by atoms with E-state index in [0.29, 0.717) is 17.5 Å². The van der Waals surface area contributed by atoms with Gasteiger partial charge in [0, 0.05) is 36.0 Å². The summed E-state index contributed by atoms with van der Waals surface area (Å²) in [6.07, 6.45) is 5.19. The number of pyridine rings is 1. The molecule has 0 saturated heterocycles. The minimum atomic E-state index is -0.952. The third kappa shape index (κ3) is 3.22. The van der Waals surface area contributed by atoms with Gasteiger partial charge in [-0.3, -0.25) is 14.6 Å². The largest absolute Gasteiger partial charge is 0.363 e. The normalized spacial score (nSPS) is 10.8. The second-order valence-corrected chi connectivity index (χ2v) is 6.32. The van der Waals surface area contributed by atoms with E-state index in [1.54, 1.807) is 18.6 Å². The van der Waals surface area contributed by atoms with E-state index in [1.807, 2.05) is 65.2 Å². The first-order valence-corrected chi connectivity index (χ1v) is 8.55. The van der Waals surface area contributed by atoms with Crippen molar-refractivity contribution in [3.63, 3.8) is 0 Å². The van der Waals surface area contributed by atoms with Crippen LogP contribution in [0.1, 0.15) is 15.9 Å². The van der Waals surface area contributed by atoms with Crippen LogP contribution in [0.4, 0.5) is 0 Å². The number of Topliss-reactive ketones (excluding diaryl/α,β-unsaturated/α-hetero) is 1. The second-order valence-electron chi connectivity index (χ2n) is 6.32. The van der Waals surface area contributed by atoms with Crippen molar-refractivity contribution in [3.05, 3.63) is 90.4 Å². The zero-order valence-corrected chi connectivity index (χ0v) is 14.5. The summed E-state index contributed by atoms with van der Waals surface area (Å²) in [6.45, 7) is 0.586. The maximum Gasteiger partial charge on any atom is 0.289 e. The highest BCUT2D eigenvalue weighted by Crippen LogP contribution is 2.28. The first-order valence-electron chi connectivity index (χ1n) is 8.55. The van der Waals surface area contributed by atoms with Crippen molar-refractivity contribution >= 4 is 22.6 Å². The molecule has 0 spiro atoms. The van der Waals surface area contributed by atoms with E-state index in [4.69, 9.17) is 5.73 Å². The molecule has 2 heterocycles. The fourth-order valence-corrected chi connectivity index (χ4v) is 3.24. The molecule has 4 aromatic rings.